The molecule has 0 saturated heterocycles. The first-order valence-corrected chi connectivity index (χ1v) is 10.9. The summed E-state index contributed by atoms with van der Waals surface area (Å²) in [4.78, 5) is 14.3. The number of carbonyl (C=O) groups is 1. The molecular weight excluding hydrogens is 434 g/mol. The molecular formula is C23H20ClN3O3S. The van der Waals surface area contributed by atoms with Crippen LogP contribution in [-0.4, -0.2) is 40.9 Å². The van der Waals surface area contributed by atoms with Gasteiger partial charge in [0.15, 0.2) is 0 Å². The molecule has 4 rings (SSSR count). The molecule has 0 aliphatic rings. The molecule has 3 aromatic carbocycles. The smallest absolute Gasteiger partial charge is 0.277 e. The van der Waals surface area contributed by atoms with Crippen LogP contribution < -0.4 is 4.74 Å². The van der Waals surface area contributed by atoms with Gasteiger partial charge in [0.2, 0.25) is 11.8 Å². The second-order valence-electron chi connectivity index (χ2n) is 6.94. The number of halogens is 1. The first-order valence-electron chi connectivity index (χ1n) is 9.55. The molecule has 0 bridgehead atoms. The van der Waals surface area contributed by atoms with Crippen molar-refractivity contribution in [2.24, 2.45) is 0 Å². The van der Waals surface area contributed by atoms with E-state index in [0.29, 0.717) is 28.2 Å². The van der Waals surface area contributed by atoms with Crippen molar-refractivity contribution in [3.05, 3.63) is 71.2 Å². The van der Waals surface area contributed by atoms with Crippen molar-refractivity contribution < 1.29 is 13.9 Å². The summed E-state index contributed by atoms with van der Waals surface area (Å²) in [6.45, 7) is 0.510. The third-order valence-corrected chi connectivity index (χ3v) is 5.92. The molecule has 0 spiro atoms. The van der Waals surface area contributed by atoms with E-state index in [1.54, 1.807) is 25.1 Å². The van der Waals surface area contributed by atoms with E-state index >= 15 is 0 Å². The summed E-state index contributed by atoms with van der Waals surface area (Å²) in [5.74, 6) is 1.33. The SMILES string of the molecule is COc1ccc2cc(CN(C)C(=O)CSc3nnc(-c4ccccc4Cl)o3)ccc2c1. The van der Waals surface area contributed by atoms with Crippen LogP contribution in [0.1, 0.15) is 5.56 Å². The van der Waals surface area contributed by atoms with E-state index in [2.05, 4.69) is 16.3 Å². The zero-order valence-electron chi connectivity index (χ0n) is 17.0. The van der Waals surface area contributed by atoms with Gasteiger partial charge in [0, 0.05) is 13.6 Å². The molecule has 1 amide bonds. The number of aromatic nitrogens is 2. The van der Waals surface area contributed by atoms with E-state index in [4.69, 9.17) is 20.8 Å². The van der Waals surface area contributed by atoms with Gasteiger partial charge in [-0.2, -0.15) is 0 Å². The Morgan fingerprint density at radius 2 is 1.87 bits per heavy atom. The Bertz CT molecular complexity index is 1230. The van der Waals surface area contributed by atoms with Crippen LogP contribution in [0.15, 0.2) is 70.3 Å². The second-order valence-corrected chi connectivity index (χ2v) is 8.27. The van der Waals surface area contributed by atoms with Crippen molar-refractivity contribution in [3.63, 3.8) is 0 Å². The summed E-state index contributed by atoms with van der Waals surface area (Å²) in [6, 6.07) is 19.3. The van der Waals surface area contributed by atoms with E-state index in [9.17, 15) is 4.79 Å². The van der Waals surface area contributed by atoms with Gasteiger partial charge in [0.05, 0.1) is 23.4 Å². The Morgan fingerprint density at radius 1 is 1.10 bits per heavy atom. The van der Waals surface area contributed by atoms with Gasteiger partial charge in [0.25, 0.3) is 5.22 Å². The summed E-state index contributed by atoms with van der Waals surface area (Å²) < 4.78 is 10.9. The van der Waals surface area contributed by atoms with Crippen LogP contribution in [0.4, 0.5) is 0 Å². The van der Waals surface area contributed by atoms with Crippen LogP contribution in [0.25, 0.3) is 22.2 Å². The molecule has 1 aromatic heterocycles. The van der Waals surface area contributed by atoms with Gasteiger partial charge in [-0.05, 0) is 46.7 Å². The van der Waals surface area contributed by atoms with Gasteiger partial charge in [-0.25, -0.2) is 0 Å². The fraction of sp³-hybridized carbons (Fsp3) is 0.174. The molecule has 6 nitrogen and oxygen atoms in total. The highest BCUT2D eigenvalue weighted by Gasteiger charge is 2.15. The van der Waals surface area contributed by atoms with Crippen molar-refractivity contribution >= 4 is 40.0 Å². The highest BCUT2D eigenvalue weighted by molar-refractivity contribution is 7.99. The summed E-state index contributed by atoms with van der Waals surface area (Å²) in [7, 11) is 3.43. The maximum Gasteiger partial charge on any atom is 0.277 e. The van der Waals surface area contributed by atoms with Gasteiger partial charge in [-0.1, -0.05) is 53.7 Å². The normalized spacial score (nSPS) is 10.9. The molecule has 8 heteroatoms. The molecule has 158 valence electrons. The monoisotopic (exact) mass is 453 g/mol. The molecule has 0 N–H and O–H groups in total. The number of hydrogen-bond acceptors (Lipinski definition) is 6. The molecule has 0 aliphatic heterocycles. The topological polar surface area (TPSA) is 68.5 Å². The first kappa shape index (κ1) is 21.2. The Hall–Kier alpha value is -3.03. The van der Waals surface area contributed by atoms with Crippen LogP contribution in [-0.2, 0) is 11.3 Å². The number of nitrogens with zero attached hydrogens (tertiary/aromatic N) is 3. The molecule has 0 radical (unpaired) electrons. The minimum absolute atomic E-state index is 0.0303. The fourth-order valence-electron chi connectivity index (χ4n) is 3.11. The fourth-order valence-corrected chi connectivity index (χ4v) is 4.03. The van der Waals surface area contributed by atoms with Gasteiger partial charge in [0.1, 0.15) is 5.75 Å². The second kappa shape index (κ2) is 9.41. The largest absolute Gasteiger partial charge is 0.497 e. The molecule has 0 fully saturated rings. The highest BCUT2D eigenvalue weighted by atomic mass is 35.5. The average Bonchev–Trinajstić information content (AvgIpc) is 3.26. The number of thioether (sulfide) groups is 1. The molecule has 4 aromatic rings. The Balaban J connectivity index is 1.36. The predicted molar refractivity (Wildman–Crippen MR) is 122 cm³/mol. The molecule has 0 atom stereocenters. The first-order chi connectivity index (χ1) is 15.0. The van der Waals surface area contributed by atoms with E-state index in [-0.39, 0.29) is 11.7 Å². The zero-order valence-corrected chi connectivity index (χ0v) is 18.6. The van der Waals surface area contributed by atoms with Crippen molar-refractivity contribution in [2.75, 3.05) is 19.9 Å². The quantitative estimate of drug-likeness (QED) is 0.353. The van der Waals surface area contributed by atoms with Gasteiger partial charge in [-0.15, -0.1) is 10.2 Å². The van der Waals surface area contributed by atoms with Gasteiger partial charge < -0.3 is 14.1 Å². The predicted octanol–water partition coefficient (Wildman–Crippen LogP) is 5.30. The van der Waals surface area contributed by atoms with Crippen LogP contribution in [0.3, 0.4) is 0 Å². The van der Waals surface area contributed by atoms with Crippen molar-refractivity contribution in [1.29, 1.82) is 0 Å². The Labute approximate surface area is 189 Å². The van der Waals surface area contributed by atoms with Crippen LogP contribution in [0.5, 0.6) is 5.75 Å². The molecule has 0 aliphatic carbocycles. The number of amides is 1. The molecule has 0 unspecified atom stereocenters. The van der Waals surface area contributed by atoms with Crippen molar-refractivity contribution in [3.8, 4) is 17.2 Å². The minimum Gasteiger partial charge on any atom is -0.497 e. The lowest BCUT2D eigenvalue weighted by Crippen LogP contribution is -2.27. The van der Waals surface area contributed by atoms with E-state index in [1.807, 2.05) is 48.5 Å². The summed E-state index contributed by atoms with van der Waals surface area (Å²) in [6.07, 6.45) is 0. The zero-order chi connectivity index (χ0) is 21.8. The minimum atomic E-state index is -0.0303. The number of rotatable bonds is 7. The number of methoxy groups -OCH3 is 1. The third kappa shape index (κ3) is 5.00. The highest BCUT2D eigenvalue weighted by Crippen LogP contribution is 2.29. The van der Waals surface area contributed by atoms with E-state index in [0.717, 1.165) is 22.1 Å². The summed E-state index contributed by atoms with van der Waals surface area (Å²) >= 11 is 7.37. The maximum atomic E-state index is 12.6. The number of hydrogen-bond donors (Lipinski definition) is 0. The van der Waals surface area contributed by atoms with Gasteiger partial charge in [-0.3, -0.25) is 4.79 Å². The van der Waals surface area contributed by atoms with Crippen molar-refractivity contribution in [2.45, 2.75) is 11.8 Å². The number of fused-ring (bicyclic) bond motifs is 1. The lowest BCUT2D eigenvalue weighted by molar-refractivity contribution is -0.127. The summed E-state index contributed by atoms with van der Waals surface area (Å²) in [5.41, 5.74) is 1.72. The average molecular weight is 454 g/mol. The van der Waals surface area contributed by atoms with Gasteiger partial charge >= 0.3 is 0 Å². The maximum absolute atomic E-state index is 12.6. The Kier molecular flexibility index (Phi) is 6.44. The Morgan fingerprint density at radius 3 is 2.68 bits per heavy atom. The number of carbonyl (C=O) groups excluding carboxylic acids is 1. The molecule has 31 heavy (non-hydrogen) atoms. The van der Waals surface area contributed by atoms with E-state index < -0.39 is 0 Å². The van der Waals surface area contributed by atoms with Crippen LogP contribution in [0, 0.1) is 0 Å². The van der Waals surface area contributed by atoms with Crippen molar-refractivity contribution in [1.82, 2.24) is 15.1 Å². The standard InChI is InChI=1S/C23H20ClN3O3S/c1-27(13-15-7-8-17-12-18(29-2)10-9-16(17)11-15)21(28)14-31-23-26-25-22(30-23)19-5-3-4-6-20(19)24/h3-12H,13-14H2,1-2H3. The lowest BCUT2D eigenvalue weighted by atomic mass is 10.1. The van der Waals surface area contributed by atoms with E-state index in [1.165, 1.54) is 11.8 Å². The number of ether oxygens (including phenoxy) is 1. The number of benzene rings is 3. The lowest BCUT2D eigenvalue weighted by Gasteiger charge is -2.17. The van der Waals surface area contributed by atoms with Crippen LogP contribution in [0.2, 0.25) is 5.02 Å². The third-order valence-electron chi connectivity index (χ3n) is 4.79. The summed E-state index contributed by atoms with van der Waals surface area (Å²) in [5, 5.41) is 11.1. The molecule has 1 heterocycles. The van der Waals surface area contributed by atoms with Crippen LogP contribution >= 0.6 is 23.4 Å². The molecule has 0 saturated carbocycles.